The van der Waals surface area contributed by atoms with Gasteiger partial charge in [0.1, 0.15) is 17.8 Å². The molecule has 2 aliphatic carbocycles. The van der Waals surface area contributed by atoms with Crippen LogP contribution < -0.4 is 0 Å². The maximum Gasteiger partial charge on any atom is 0.346 e. The van der Waals surface area contributed by atoms with Gasteiger partial charge in [0, 0.05) is 17.3 Å². The fourth-order valence-electron chi connectivity index (χ4n) is 5.45. The molecule has 2 heterocycles. The second kappa shape index (κ2) is 4.82. The summed E-state index contributed by atoms with van der Waals surface area (Å²) >= 11 is 0. The van der Waals surface area contributed by atoms with E-state index in [2.05, 4.69) is 0 Å². The summed E-state index contributed by atoms with van der Waals surface area (Å²) in [5, 5.41) is 22.2. The molecule has 0 aromatic carbocycles. The van der Waals surface area contributed by atoms with E-state index >= 15 is 0 Å². The van der Waals surface area contributed by atoms with Crippen molar-refractivity contribution in [3.63, 3.8) is 0 Å². The van der Waals surface area contributed by atoms with Crippen LogP contribution in [0.2, 0.25) is 0 Å². The molecule has 0 radical (unpaired) electrons. The quantitative estimate of drug-likeness (QED) is 0.508. The van der Waals surface area contributed by atoms with Gasteiger partial charge >= 0.3 is 5.97 Å². The molecule has 4 aliphatic rings. The van der Waals surface area contributed by atoms with Crippen LogP contribution >= 0.6 is 0 Å². The Balaban J connectivity index is 1.92. The van der Waals surface area contributed by atoms with Gasteiger partial charge in [0.15, 0.2) is 17.6 Å². The molecular weight excluding hydrogens is 312 g/mol. The Hall–Kier alpha value is -1.40. The Morgan fingerprint density at radius 3 is 2.58 bits per heavy atom. The first kappa shape index (κ1) is 16.1. The molecule has 1 unspecified atom stereocenters. The second-order valence-electron chi connectivity index (χ2n) is 8.00. The van der Waals surface area contributed by atoms with Crippen LogP contribution in [0, 0.1) is 17.3 Å². The highest BCUT2D eigenvalue weighted by molar-refractivity contribution is 6.21. The van der Waals surface area contributed by atoms with Gasteiger partial charge in [-0.1, -0.05) is 26.7 Å². The molecule has 0 aromatic rings. The van der Waals surface area contributed by atoms with E-state index in [1.54, 1.807) is 6.92 Å². The molecule has 2 aliphatic heterocycles. The van der Waals surface area contributed by atoms with Crippen LogP contribution in [0.3, 0.4) is 0 Å². The monoisotopic (exact) mass is 336 g/mol. The zero-order valence-corrected chi connectivity index (χ0v) is 14.2. The van der Waals surface area contributed by atoms with E-state index < -0.39 is 41.2 Å². The minimum atomic E-state index is -1.35. The van der Waals surface area contributed by atoms with Crippen LogP contribution in [0.4, 0.5) is 0 Å². The van der Waals surface area contributed by atoms with E-state index in [1.807, 2.05) is 13.8 Å². The summed E-state index contributed by atoms with van der Waals surface area (Å²) in [5.74, 6) is -1.45. The van der Waals surface area contributed by atoms with Crippen molar-refractivity contribution in [1.29, 1.82) is 0 Å². The lowest BCUT2D eigenvalue weighted by Gasteiger charge is -2.59. The predicted molar refractivity (Wildman–Crippen MR) is 82.6 cm³/mol. The SMILES string of the molecule is CC1OC(=O)C2=C1O[C@@H]1[C@@H](O)[C@]3(O)CCCC[C@H]3[C@](C)(C2=O)[C@@H]1C. The Bertz CT molecular complexity index is 654. The number of ketones is 1. The minimum Gasteiger partial charge on any atom is -0.487 e. The van der Waals surface area contributed by atoms with Crippen molar-refractivity contribution in [3.05, 3.63) is 11.3 Å². The lowest BCUT2D eigenvalue weighted by Crippen LogP contribution is -2.69. The number of esters is 1. The van der Waals surface area contributed by atoms with Gasteiger partial charge in [-0.15, -0.1) is 0 Å². The number of cyclic esters (lactones) is 1. The summed E-state index contributed by atoms with van der Waals surface area (Å²) < 4.78 is 11.1. The summed E-state index contributed by atoms with van der Waals surface area (Å²) in [5.41, 5.74) is -2.34. The molecule has 0 aromatic heterocycles. The summed E-state index contributed by atoms with van der Waals surface area (Å²) in [6.07, 6.45) is 0.333. The standard InChI is InChI=1S/C18H24O6/c1-8-12-15(20)18(22)7-5-4-6-10(18)17(8,3)14(19)11-13(24-12)9(2)23-16(11)21/h8-10,12,15,20,22H,4-7H2,1-3H3/t8-,9?,10+,12+,15-,17-,18+/m1/s1. The maximum absolute atomic E-state index is 13.4. The molecule has 6 nitrogen and oxygen atoms in total. The molecule has 2 saturated carbocycles. The zero-order chi connectivity index (χ0) is 17.4. The van der Waals surface area contributed by atoms with Crippen molar-refractivity contribution >= 4 is 11.8 Å². The van der Waals surface area contributed by atoms with Gasteiger partial charge in [-0.2, -0.15) is 0 Å². The molecule has 6 heteroatoms. The van der Waals surface area contributed by atoms with Crippen molar-refractivity contribution in [2.75, 3.05) is 0 Å². The molecule has 0 saturated heterocycles. The zero-order valence-electron chi connectivity index (χ0n) is 14.2. The van der Waals surface area contributed by atoms with Crippen LogP contribution in [0.1, 0.15) is 46.5 Å². The first-order chi connectivity index (χ1) is 11.2. The predicted octanol–water partition coefficient (Wildman–Crippen LogP) is 1.09. The Kier molecular flexibility index (Phi) is 3.23. The van der Waals surface area contributed by atoms with Gasteiger partial charge < -0.3 is 19.7 Å². The highest BCUT2D eigenvalue weighted by Gasteiger charge is 2.68. The average Bonchev–Trinajstić information content (AvgIpc) is 2.78. The van der Waals surface area contributed by atoms with Gasteiger partial charge in [0.05, 0.1) is 5.60 Å². The van der Waals surface area contributed by atoms with E-state index in [9.17, 15) is 19.8 Å². The van der Waals surface area contributed by atoms with Gasteiger partial charge in [-0.05, 0) is 19.8 Å². The number of carbonyl (C=O) groups is 2. The topological polar surface area (TPSA) is 93.1 Å². The van der Waals surface area contributed by atoms with E-state index in [4.69, 9.17) is 9.47 Å². The van der Waals surface area contributed by atoms with Gasteiger partial charge in [-0.25, -0.2) is 4.79 Å². The number of aliphatic hydroxyl groups excluding tert-OH is 1. The van der Waals surface area contributed by atoms with Crippen LogP contribution in [-0.2, 0) is 19.1 Å². The number of aliphatic hydroxyl groups is 2. The van der Waals surface area contributed by atoms with Crippen molar-refractivity contribution in [2.24, 2.45) is 17.3 Å². The number of hydrogen-bond acceptors (Lipinski definition) is 6. The number of carbonyl (C=O) groups excluding carboxylic acids is 2. The molecule has 7 atom stereocenters. The van der Waals surface area contributed by atoms with E-state index in [-0.39, 0.29) is 23.0 Å². The molecule has 0 spiro atoms. The van der Waals surface area contributed by atoms with E-state index in [1.165, 1.54) is 0 Å². The maximum atomic E-state index is 13.4. The lowest BCUT2D eigenvalue weighted by molar-refractivity contribution is -0.249. The Labute approximate surface area is 140 Å². The van der Waals surface area contributed by atoms with Crippen molar-refractivity contribution < 1.29 is 29.3 Å². The molecule has 0 amide bonds. The number of fused-ring (bicyclic) bond motifs is 4. The third-order valence-electron chi connectivity index (χ3n) is 6.99. The number of hydrogen-bond donors (Lipinski definition) is 2. The van der Waals surface area contributed by atoms with Crippen LogP contribution in [0.5, 0.6) is 0 Å². The molecule has 4 rings (SSSR count). The van der Waals surface area contributed by atoms with Crippen molar-refractivity contribution in [3.8, 4) is 0 Å². The average molecular weight is 336 g/mol. The first-order valence-corrected chi connectivity index (χ1v) is 8.80. The molecule has 132 valence electrons. The molecule has 2 fully saturated rings. The minimum absolute atomic E-state index is 0.0265. The van der Waals surface area contributed by atoms with Crippen LogP contribution in [0.25, 0.3) is 0 Å². The van der Waals surface area contributed by atoms with Gasteiger partial charge in [-0.3, -0.25) is 4.79 Å². The first-order valence-electron chi connectivity index (χ1n) is 8.80. The summed E-state index contributed by atoms with van der Waals surface area (Å²) in [4.78, 5) is 25.6. The third kappa shape index (κ3) is 1.68. The number of Topliss-reactive ketones (excluding diaryl/α,β-unsaturated/α-hetero) is 1. The Morgan fingerprint density at radius 2 is 1.88 bits per heavy atom. The summed E-state index contributed by atoms with van der Waals surface area (Å²) in [6, 6.07) is 0. The van der Waals surface area contributed by atoms with Crippen molar-refractivity contribution in [1.82, 2.24) is 0 Å². The Morgan fingerprint density at radius 1 is 1.17 bits per heavy atom. The molecule has 2 bridgehead atoms. The van der Waals surface area contributed by atoms with Gasteiger partial charge in [0.25, 0.3) is 0 Å². The third-order valence-corrected chi connectivity index (χ3v) is 6.99. The van der Waals surface area contributed by atoms with Crippen LogP contribution in [-0.4, -0.2) is 45.9 Å². The normalized spacial score (nSPS) is 50.6. The highest BCUT2D eigenvalue weighted by Crippen LogP contribution is 2.59. The fraction of sp³-hybridized carbons (Fsp3) is 0.778. The molecular formula is C18H24O6. The summed E-state index contributed by atoms with van der Waals surface area (Å²) in [7, 11) is 0. The second-order valence-corrected chi connectivity index (χ2v) is 8.00. The van der Waals surface area contributed by atoms with Gasteiger partial charge in [0.2, 0.25) is 0 Å². The number of ether oxygens (including phenoxy) is 2. The number of rotatable bonds is 0. The highest BCUT2D eigenvalue weighted by atomic mass is 16.6. The smallest absolute Gasteiger partial charge is 0.346 e. The largest absolute Gasteiger partial charge is 0.487 e. The fourth-order valence-corrected chi connectivity index (χ4v) is 5.45. The van der Waals surface area contributed by atoms with E-state index in [0.29, 0.717) is 12.8 Å². The lowest BCUT2D eigenvalue weighted by atomic mass is 9.48. The molecule has 2 N–H and O–H groups in total. The molecule has 24 heavy (non-hydrogen) atoms. The summed E-state index contributed by atoms with van der Waals surface area (Å²) in [6.45, 7) is 5.34. The van der Waals surface area contributed by atoms with Crippen LogP contribution in [0.15, 0.2) is 11.3 Å². The van der Waals surface area contributed by atoms with Crippen molar-refractivity contribution in [2.45, 2.75) is 70.4 Å². The van der Waals surface area contributed by atoms with E-state index in [0.717, 1.165) is 12.8 Å².